The molecule has 0 saturated heterocycles. The molecule has 0 bridgehead atoms. The molecule has 3 rings (SSSR count). The molecule has 8 heteroatoms. The topological polar surface area (TPSA) is 89.8 Å². The molecule has 1 aromatic heterocycles. The molecule has 0 aliphatic rings. The maximum Gasteiger partial charge on any atom is 0.283 e. The van der Waals surface area contributed by atoms with Gasteiger partial charge >= 0.3 is 0 Å². The van der Waals surface area contributed by atoms with Gasteiger partial charge in [0.1, 0.15) is 0 Å². The Bertz CT molecular complexity index is 984. The average Bonchev–Trinajstić information content (AvgIpc) is 2.92. The Morgan fingerprint density at radius 2 is 2.08 bits per heavy atom. The fourth-order valence-corrected chi connectivity index (χ4v) is 3.07. The third-order valence-corrected chi connectivity index (χ3v) is 4.97. The van der Waals surface area contributed by atoms with E-state index in [2.05, 4.69) is 36.5 Å². The molecule has 0 aliphatic heterocycles. The van der Waals surface area contributed by atoms with Crippen molar-refractivity contribution in [2.24, 2.45) is 10.2 Å². The van der Waals surface area contributed by atoms with Crippen LogP contribution in [0.25, 0.3) is 10.9 Å². The van der Waals surface area contributed by atoms with Crippen LogP contribution in [0.1, 0.15) is 5.56 Å². The lowest BCUT2D eigenvalue weighted by Gasteiger charge is -2.04. The monoisotopic (exact) mass is 420 g/mol. The van der Waals surface area contributed by atoms with E-state index in [0.29, 0.717) is 21.6 Å². The number of rotatable bonds is 4. The Labute approximate surface area is 157 Å². The Kier molecular flexibility index (Phi) is 5.06. The summed E-state index contributed by atoms with van der Waals surface area (Å²) in [5.41, 5.74) is 2.54. The van der Waals surface area contributed by atoms with Gasteiger partial charge in [-0.3, -0.25) is 4.79 Å². The van der Waals surface area contributed by atoms with Gasteiger partial charge in [0, 0.05) is 9.86 Å². The molecule has 0 saturated carbocycles. The summed E-state index contributed by atoms with van der Waals surface area (Å²) in [6.45, 7) is 1.86. The minimum absolute atomic E-state index is 0.0590. The standard InChI is InChI=1S/C17H14BrClN4O2/c1-9-6-7-12-14(15(9)18)16(17(25)21-12)23-22-13(24)8-20-11-5-3-2-4-10(11)19/h2-7,20-21,25H,8H2,1H3. The summed E-state index contributed by atoms with van der Waals surface area (Å²) >= 11 is 9.49. The number of fused-ring (bicyclic) bond motifs is 1. The van der Waals surface area contributed by atoms with Gasteiger partial charge in [-0.25, -0.2) is 0 Å². The first-order valence-corrected chi connectivity index (χ1v) is 8.57. The number of aromatic nitrogens is 1. The van der Waals surface area contributed by atoms with Crippen LogP contribution in [0.4, 0.5) is 11.4 Å². The van der Waals surface area contributed by atoms with Crippen LogP contribution < -0.4 is 5.32 Å². The molecule has 3 N–H and O–H groups in total. The number of nitrogens with one attached hydrogen (secondary N) is 2. The summed E-state index contributed by atoms with van der Waals surface area (Å²) < 4.78 is 0.789. The number of hydrogen-bond donors (Lipinski definition) is 3. The molecule has 6 nitrogen and oxygen atoms in total. The van der Waals surface area contributed by atoms with Crippen molar-refractivity contribution in [3.8, 4) is 5.88 Å². The summed E-state index contributed by atoms with van der Waals surface area (Å²) in [5, 5.41) is 21.7. The van der Waals surface area contributed by atoms with Crippen LogP contribution in [-0.4, -0.2) is 22.5 Å². The lowest BCUT2D eigenvalue weighted by molar-refractivity contribution is -0.116. The summed E-state index contributed by atoms with van der Waals surface area (Å²) in [6, 6.07) is 10.8. The number of azo groups is 1. The number of hydrogen-bond acceptors (Lipinski definition) is 4. The number of amides is 1. The SMILES string of the molecule is Cc1ccc2[nH]c(O)c(N=NC(=O)CNc3ccccc3Cl)c2c1Br. The number of aromatic amines is 1. The van der Waals surface area contributed by atoms with E-state index in [4.69, 9.17) is 11.6 Å². The molecule has 25 heavy (non-hydrogen) atoms. The summed E-state index contributed by atoms with van der Waals surface area (Å²) in [7, 11) is 0. The molecular formula is C17H14BrClN4O2. The molecule has 2 aromatic carbocycles. The van der Waals surface area contributed by atoms with Crippen LogP contribution in [0, 0.1) is 6.92 Å². The van der Waals surface area contributed by atoms with E-state index < -0.39 is 5.91 Å². The second-order valence-electron chi connectivity index (χ2n) is 5.37. The van der Waals surface area contributed by atoms with E-state index in [1.807, 2.05) is 25.1 Å². The van der Waals surface area contributed by atoms with Crippen molar-refractivity contribution in [1.82, 2.24) is 4.98 Å². The highest BCUT2D eigenvalue weighted by Crippen LogP contribution is 2.41. The van der Waals surface area contributed by atoms with Gasteiger partial charge in [-0.15, -0.1) is 10.2 Å². The predicted molar refractivity (Wildman–Crippen MR) is 102 cm³/mol. The van der Waals surface area contributed by atoms with E-state index in [0.717, 1.165) is 10.0 Å². The lowest BCUT2D eigenvalue weighted by atomic mass is 10.1. The maximum atomic E-state index is 12.0. The number of aromatic hydroxyl groups is 1. The summed E-state index contributed by atoms with van der Waals surface area (Å²) in [4.78, 5) is 14.8. The number of halogens is 2. The van der Waals surface area contributed by atoms with Gasteiger partial charge in [0.25, 0.3) is 5.91 Å². The molecule has 0 radical (unpaired) electrons. The van der Waals surface area contributed by atoms with Crippen molar-refractivity contribution >= 4 is 55.7 Å². The zero-order valence-electron chi connectivity index (χ0n) is 13.2. The average molecular weight is 422 g/mol. The Balaban J connectivity index is 1.79. The number of benzene rings is 2. The predicted octanol–water partition coefficient (Wildman–Crippen LogP) is 5.32. The van der Waals surface area contributed by atoms with Gasteiger partial charge in [-0.1, -0.05) is 29.8 Å². The van der Waals surface area contributed by atoms with Crippen molar-refractivity contribution in [2.45, 2.75) is 6.92 Å². The molecule has 1 heterocycles. The quantitative estimate of drug-likeness (QED) is 0.498. The second kappa shape index (κ2) is 7.25. The van der Waals surface area contributed by atoms with Crippen LogP contribution in [0.2, 0.25) is 5.02 Å². The molecule has 0 atom stereocenters. The van der Waals surface area contributed by atoms with Gasteiger partial charge in [0.05, 0.1) is 22.8 Å². The van der Waals surface area contributed by atoms with Crippen LogP contribution in [0.3, 0.4) is 0 Å². The summed E-state index contributed by atoms with van der Waals surface area (Å²) in [5.74, 6) is -0.630. The number of carbonyl (C=O) groups excluding carboxylic acids is 1. The van der Waals surface area contributed by atoms with E-state index in [1.54, 1.807) is 18.2 Å². The fourth-order valence-electron chi connectivity index (χ4n) is 2.33. The maximum absolute atomic E-state index is 12.0. The molecule has 0 spiro atoms. The smallest absolute Gasteiger partial charge is 0.283 e. The minimum Gasteiger partial charge on any atom is -0.493 e. The van der Waals surface area contributed by atoms with Gasteiger partial charge in [0.2, 0.25) is 5.88 Å². The number of carbonyl (C=O) groups is 1. The Morgan fingerprint density at radius 3 is 2.84 bits per heavy atom. The fraction of sp³-hybridized carbons (Fsp3) is 0.118. The van der Waals surface area contributed by atoms with Gasteiger partial charge in [-0.2, -0.15) is 0 Å². The third kappa shape index (κ3) is 3.67. The lowest BCUT2D eigenvalue weighted by Crippen LogP contribution is -2.11. The van der Waals surface area contributed by atoms with Crippen molar-refractivity contribution in [3.63, 3.8) is 0 Å². The van der Waals surface area contributed by atoms with Crippen LogP contribution in [0.15, 0.2) is 51.1 Å². The minimum atomic E-state index is -0.488. The zero-order chi connectivity index (χ0) is 18.0. The summed E-state index contributed by atoms with van der Waals surface area (Å²) in [6.07, 6.45) is 0. The van der Waals surface area contributed by atoms with E-state index >= 15 is 0 Å². The first-order valence-electron chi connectivity index (χ1n) is 7.40. The largest absolute Gasteiger partial charge is 0.493 e. The molecule has 3 aromatic rings. The van der Waals surface area contributed by atoms with Crippen LogP contribution >= 0.6 is 27.5 Å². The van der Waals surface area contributed by atoms with Crippen LogP contribution in [-0.2, 0) is 4.79 Å². The van der Waals surface area contributed by atoms with Crippen LogP contribution in [0.5, 0.6) is 5.88 Å². The molecule has 0 aliphatic carbocycles. The van der Waals surface area contributed by atoms with Crippen molar-refractivity contribution in [2.75, 3.05) is 11.9 Å². The molecule has 0 fully saturated rings. The first kappa shape index (κ1) is 17.4. The number of anilines is 1. The number of H-pyrrole nitrogens is 1. The normalized spacial score (nSPS) is 11.3. The van der Waals surface area contributed by atoms with Gasteiger partial charge in [0.15, 0.2) is 5.69 Å². The Hall–Kier alpha value is -2.38. The van der Waals surface area contributed by atoms with E-state index in [-0.39, 0.29) is 18.1 Å². The molecular weight excluding hydrogens is 408 g/mol. The van der Waals surface area contributed by atoms with Crippen molar-refractivity contribution in [3.05, 3.63) is 51.5 Å². The first-order chi connectivity index (χ1) is 12.0. The zero-order valence-corrected chi connectivity index (χ0v) is 15.5. The van der Waals surface area contributed by atoms with Crippen molar-refractivity contribution in [1.29, 1.82) is 0 Å². The number of aryl methyl sites for hydroxylation is 1. The second-order valence-corrected chi connectivity index (χ2v) is 6.57. The molecule has 128 valence electrons. The number of para-hydroxylation sites is 1. The highest BCUT2D eigenvalue weighted by molar-refractivity contribution is 9.10. The Morgan fingerprint density at radius 1 is 1.32 bits per heavy atom. The third-order valence-electron chi connectivity index (χ3n) is 3.61. The van der Waals surface area contributed by atoms with E-state index in [1.165, 1.54) is 0 Å². The van der Waals surface area contributed by atoms with Gasteiger partial charge < -0.3 is 15.4 Å². The highest BCUT2D eigenvalue weighted by atomic mass is 79.9. The molecule has 1 amide bonds. The van der Waals surface area contributed by atoms with E-state index in [9.17, 15) is 9.90 Å². The highest BCUT2D eigenvalue weighted by Gasteiger charge is 2.15. The number of nitrogens with zero attached hydrogens (tertiary/aromatic N) is 2. The van der Waals surface area contributed by atoms with Crippen molar-refractivity contribution < 1.29 is 9.90 Å². The van der Waals surface area contributed by atoms with Gasteiger partial charge in [-0.05, 0) is 46.6 Å². The molecule has 0 unspecified atom stereocenters.